The summed E-state index contributed by atoms with van der Waals surface area (Å²) in [6, 6.07) is 4.83. The van der Waals surface area contributed by atoms with Crippen molar-refractivity contribution in [1.29, 1.82) is 0 Å². The van der Waals surface area contributed by atoms with Gasteiger partial charge in [-0.05, 0) is 36.6 Å². The summed E-state index contributed by atoms with van der Waals surface area (Å²) in [4.78, 5) is 25.9. The Morgan fingerprint density at radius 2 is 2.24 bits per heavy atom. The third-order valence-electron chi connectivity index (χ3n) is 3.98. The lowest BCUT2D eigenvalue weighted by molar-refractivity contribution is -0.153. The third-order valence-corrected chi connectivity index (χ3v) is 4.22. The van der Waals surface area contributed by atoms with Crippen molar-refractivity contribution >= 4 is 23.5 Å². The van der Waals surface area contributed by atoms with E-state index in [4.69, 9.17) is 21.1 Å². The van der Waals surface area contributed by atoms with Crippen LogP contribution in [-0.2, 0) is 20.7 Å². The Morgan fingerprint density at radius 1 is 1.43 bits per heavy atom. The van der Waals surface area contributed by atoms with E-state index in [-0.39, 0.29) is 11.9 Å². The average molecular weight is 310 g/mol. The number of ether oxygens (including phenoxy) is 2. The lowest BCUT2D eigenvalue weighted by Gasteiger charge is -2.25. The van der Waals surface area contributed by atoms with Crippen LogP contribution in [0.3, 0.4) is 0 Å². The normalized spacial score (nSPS) is 23.6. The summed E-state index contributed by atoms with van der Waals surface area (Å²) in [6.07, 6.45) is 1.35. The molecule has 1 aromatic carbocycles. The second-order valence-electron chi connectivity index (χ2n) is 5.28. The largest absolute Gasteiger partial charge is 0.480 e. The molecule has 112 valence electrons. The molecule has 2 atom stereocenters. The number of nitrogens with zero attached hydrogens (tertiary/aromatic N) is 1. The van der Waals surface area contributed by atoms with E-state index in [1.165, 1.54) is 7.11 Å². The zero-order valence-electron chi connectivity index (χ0n) is 11.7. The van der Waals surface area contributed by atoms with Crippen LogP contribution in [0.1, 0.15) is 18.4 Å². The van der Waals surface area contributed by atoms with Gasteiger partial charge < -0.3 is 14.4 Å². The minimum atomic E-state index is -0.580. The highest BCUT2D eigenvalue weighted by molar-refractivity contribution is 6.30. The number of halogens is 1. The zero-order valence-corrected chi connectivity index (χ0v) is 12.4. The average Bonchev–Trinajstić information content (AvgIpc) is 3.11. The van der Waals surface area contributed by atoms with Crippen molar-refractivity contribution in [3.8, 4) is 5.75 Å². The summed E-state index contributed by atoms with van der Waals surface area (Å²) in [5, 5.41) is 0.624. The zero-order chi connectivity index (χ0) is 15.0. The molecular weight excluding hydrogens is 294 g/mol. The summed E-state index contributed by atoms with van der Waals surface area (Å²) >= 11 is 5.95. The van der Waals surface area contributed by atoms with Gasteiger partial charge in [0.05, 0.1) is 7.11 Å². The van der Waals surface area contributed by atoms with Gasteiger partial charge in [0.2, 0.25) is 0 Å². The third kappa shape index (κ3) is 2.58. The first-order valence-corrected chi connectivity index (χ1v) is 7.31. The maximum Gasteiger partial charge on any atom is 0.328 e. The van der Waals surface area contributed by atoms with Crippen LogP contribution in [0.2, 0.25) is 5.02 Å². The van der Waals surface area contributed by atoms with Crippen molar-refractivity contribution in [3.05, 3.63) is 28.8 Å². The molecule has 0 aliphatic carbocycles. The molecule has 1 saturated heterocycles. The van der Waals surface area contributed by atoms with Crippen LogP contribution < -0.4 is 4.74 Å². The Kier molecular flexibility index (Phi) is 3.76. The Hall–Kier alpha value is -1.75. The first kappa shape index (κ1) is 14.2. The molecule has 6 heteroatoms. The highest BCUT2D eigenvalue weighted by Crippen LogP contribution is 2.32. The van der Waals surface area contributed by atoms with Gasteiger partial charge >= 0.3 is 5.97 Å². The van der Waals surface area contributed by atoms with Crippen LogP contribution in [0, 0.1) is 0 Å². The van der Waals surface area contributed by atoms with Crippen molar-refractivity contribution in [3.63, 3.8) is 0 Å². The Morgan fingerprint density at radius 3 is 3.00 bits per heavy atom. The summed E-state index contributed by atoms with van der Waals surface area (Å²) < 4.78 is 10.5. The topological polar surface area (TPSA) is 55.8 Å². The number of esters is 1. The lowest BCUT2D eigenvalue weighted by Crippen LogP contribution is -2.47. The number of fused-ring (bicyclic) bond motifs is 1. The molecule has 0 spiro atoms. The molecule has 0 saturated carbocycles. The number of amides is 1. The molecule has 3 rings (SSSR count). The molecule has 0 N–H and O–H groups in total. The maximum absolute atomic E-state index is 12.6. The second-order valence-corrected chi connectivity index (χ2v) is 5.71. The first-order valence-electron chi connectivity index (χ1n) is 6.93. The van der Waals surface area contributed by atoms with Gasteiger partial charge in [0.1, 0.15) is 11.8 Å². The van der Waals surface area contributed by atoms with Crippen LogP contribution in [0.25, 0.3) is 0 Å². The van der Waals surface area contributed by atoms with E-state index in [9.17, 15) is 9.59 Å². The van der Waals surface area contributed by atoms with Crippen molar-refractivity contribution < 1.29 is 19.1 Å². The van der Waals surface area contributed by atoms with E-state index in [0.717, 1.165) is 12.0 Å². The molecule has 0 bridgehead atoms. The number of likely N-dealkylation sites (tertiary alicyclic amines) is 1. The molecule has 5 nitrogen and oxygen atoms in total. The molecule has 1 aromatic rings. The van der Waals surface area contributed by atoms with Gasteiger partial charge in [-0.1, -0.05) is 11.6 Å². The van der Waals surface area contributed by atoms with Gasteiger partial charge in [0.15, 0.2) is 6.10 Å². The Bertz CT molecular complexity index is 589. The van der Waals surface area contributed by atoms with E-state index in [1.54, 1.807) is 17.0 Å². The maximum atomic E-state index is 12.6. The predicted octanol–water partition coefficient (Wildman–Crippen LogP) is 1.81. The fourth-order valence-corrected chi connectivity index (χ4v) is 3.15. The van der Waals surface area contributed by atoms with Crippen molar-refractivity contribution in [1.82, 2.24) is 4.90 Å². The van der Waals surface area contributed by atoms with Crippen molar-refractivity contribution in [2.75, 3.05) is 13.7 Å². The van der Waals surface area contributed by atoms with Crippen LogP contribution >= 0.6 is 11.6 Å². The first-order chi connectivity index (χ1) is 10.1. The van der Waals surface area contributed by atoms with Crippen LogP contribution in [0.5, 0.6) is 5.75 Å². The summed E-state index contributed by atoms with van der Waals surface area (Å²) in [7, 11) is 1.34. The van der Waals surface area contributed by atoms with E-state index >= 15 is 0 Å². The quantitative estimate of drug-likeness (QED) is 0.782. The number of carbonyl (C=O) groups is 2. The van der Waals surface area contributed by atoms with Gasteiger partial charge in [-0.15, -0.1) is 0 Å². The molecule has 0 aromatic heterocycles. The van der Waals surface area contributed by atoms with E-state index in [2.05, 4.69) is 0 Å². The number of carbonyl (C=O) groups excluding carboxylic acids is 2. The SMILES string of the molecule is COC(=O)C1CCCN1C(=O)C1Cc2cc(Cl)ccc2O1. The predicted molar refractivity (Wildman–Crippen MR) is 76.3 cm³/mol. The highest BCUT2D eigenvalue weighted by atomic mass is 35.5. The van der Waals surface area contributed by atoms with Gasteiger partial charge in [-0.25, -0.2) is 4.79 Å². The fraction of sp³-hybridized carbons (Fsp3) is 0.467. The van der Waals surface area contributed by atoms with E-state index in [0.29, 0.717) is 30.2 Å². The van der Waals surface area contributed by atoms with Crippen molar-refractivity contribution in [2.45, 2.75) is 31.4 Å². The molecule has 2 aliphatic rings. The van der Waals surface area contributed by atoms with Crippen molar-refractivity contribution in [2.24, 2.45) is 0 Å². The number of hydrogen-bond donors (Lipinski definition) is 0. The monoisotopic (exact) mass is 309 g/mol. The number of rotatable bonds is 2. The molecule has 1 fully saturated rings. The Labute approximate surface area is 127 Å². The van der Waals surface area contributed by atoms with Gasteiger partial charge in [-0.3, -0.25) is 4.79 Å². The second kappa shape index (κ2) is 5.56. The molecular formula is C15H16ClNO4. The number of hydrogen-bond acceptors (Lipinski definition) is 4. The smallest absolute Gasteiger partial charge is 0.328 e. The Balaban J connectivity index is 1.74. The molecule has 21 heavy (non-hydrogen) atoms. The van der Waals surface area contributed by atoms with E-state index in [1.807, 2.05) is 6.07 Å². The van der Waals surface area contributed by atoms with Gasteiger partial charge in [0.25, 0.3) is 5.91 Å². The highest BCUT2D eigenvalue weighted by Gasteiger charge is 2.40. The minimum absolute atomic E-state index is 0.157. The molecule has 2 aliphatic heterocycles. The summed E-state index contributed by atoms with van der Waals surface area (Å²) in [5.41, 5.74) is 0.926. The summed E-state index contributed by atoms with van der Waals surface area (Å²) in [6.45, 7) is 0.565. The molecule has 1 amide bonds. The van der Waals surface area contributed by atoms with Gasteiger partial charge in [0, 0.05) is 18.0 Å². The van der Waals surface area contributed by atoms with E-state index < -0.39 is 12.1 Å². The van der Waals surface area contributed by atoms with Crippen LogP contribution in [0.4, 0.5) is 0 Å². The summed E-state index contributed by atoms with van der Waals surface area (Å²) in [5.74, 6) is 0.168. The fourth-order valence-electron chi connectivity index (χ4n) is 2.95. The lowest BCUT2D eigenvalue weighted by atomic mass is 10.1. The molecule has 2 heterocycles. The number of methoxy groups -OCH3 is 1. The van der Waals surface area contributed by atoms with Gasteiger partial charge in [-0.2, -0.15) is 0 Å². The van der Waals surface area contributed by atoms with Crippen LogP contribution in [-0.4, -0.2) is 42.6 Å². The number of benzene rings is 1. The molecule has 2 unspecified atom stereocenters. The molecule has 0 radical (unpaired) electrons. The minimum Gasteiger partial charge on any atom is -0.480 e. The van der Waals surface area contributed by atoms with Crippen LogP contribution in [0.15, 0.2) is 18.2 Å². The standard InChI is InChI=1S/C15H16ClNO4/c1-20-15(19)11-3-2-6-17(11)14(18)13-8-9-7-10(16)4-5-12(9)21-13/h4-5,7,11,13H,2-3,6,8H2,1H3.